The Balaban J connectivity index is 2.08. The molecule has 1 aromatic heterocycles. The average molecular weight is 238 g/mol. The lowest BCUT2D eigenvalue weighted by Crippen LogP contribution is -1.98. The maximum atomic E-state index is 5.69. The van der Waals surface area contributed by atoms with Crippen molar-refractivity contribution in [2.45, 2.75) is 32.6 Å². The summed E-state index contributed by atoms with van der Waals surface area (Å²) in [7, 11) is 0. The van der Waals surface area contributed by atoms with E-state index in [-0.39, 0.29) is 0 Å². The number of fused-ring (bicyclic) bond motifs is 1. The van der Waals surface area contributed by atoms with Gasteiger partial charge in [0.25, 0.3) is 0 Å². The highest BCUT2D eigenvalue weighted by molar-refractivity contribution is 5.90. The first-order chi connectivity index (χ1) is 8.81. The molecule has 0 bridgehead atoms. The van der Waals surface area contributed by atoms with Gasteiger partial charge in [0.05, 0.1) is 6.26 Å². The molecule has 1 atom stereocenters. The van der Waals surface area contributed by atoms with Gasteiger partial charge in [0.1, 0.15) is 5.76 Å². The molecule has 0 saturated carbocycles. The molecule has 1 heterocycles. The summed E-state index contributed by atoms with van der Waals surface area (Å²) in [5, 5.41) is 0. The van der Waals surface area contributed by atoms with E-state index in [0.717, 1.165) is 5.76 Å². The van der Waals surface area contributed by atoms with Crippen molar-refractivity contribution in [1.29, 1.82) is 0 Å². The molecule has 0 amide bonds. The molecule has 1 aliphatic carbocycles. The fraction of sp³-hybridized carbons (Fsp3) is 0.294. The van der Waals surface area contributed by atoms with Gasteiger partial charge < -0.3 is 4.42 Å². The van der Waals surface area contributed by atoms with E-state index in [1.165, 1.54) is 35.1 Å². The lowest BCUT2D eigenvalue weighted by molar-refractivity contribution is 0.543. The van der Waals surface area contributed by atoms with Gasteiger partial charge in [-0.1, -0.05) is 37.6 Å². The highest BCUT2D eigenvalue weighted by atomic mass is 16.3. The van der Waals surface area contributed by atoms with Crippen LogP contribution in [0.25, 0.3) is 11.6 Å². The van der Waals surface area contributed by atoms with Crippen molar-refractivity contribution in [1.82, 2.24) is 0 Å². The third-order valence-electron chi connectivity index (χ3n) is 3.76. The molecule has 0 aliphatic heterocycles. The molecule has 1 aliphatic rings. The van der Waals surface area contributed by atoms with Crippen molar-refractivity contribution in [3.05, 3.63) is 59.0 Å². The fourth-order valence-electron chi connectivity index (χ4n) is 2.89. The van der Waals surface area contributed by atoms with Crippen LogP contribution in [0.4, 0.5) is 0 Å². The molecule has 0 spiro atoms. The standard InChI is InChI=1S/C17H18O/c1-3-6-15-14-8-5-4-7-13(14)11-16(15)17-12(2)9-10-18-17/h4-5,7-11,15H,3,6H2,1-2H3. The number of hydrogen-bond donors (Lipinski definition) is 0. The van der Waals surface area contributed by atoms with Crippen LogP contribution in [0.5, 0.6) is 0 Å². The van der Waals surface area contributed by atoms with E-state index < -0.39 is 0 Å². The normalized spacial score (nSPS) is 17.7. The lowest BCUT2D eigenvalue weighted by Gasteiger charge is -2.15. The largest absolute Gasteiger partial charge is 0.464 e. The van der Waals surface area contributed by atoms with Gasteiger partial charge in [-0.15, -0.1) is 0 Å². The molecule has 0 fully saturated rings. The van der Waals surface area contributed by atoms with E-state index in [1.807, 2.05) is 6.07 Å². The Morgan fingerprint density at radius 2 is 2.00 bits per heavy atom. The van der Waals surface area contributed by atoms with Gasteiger partial charge in [0.2, 0.25) is 0 Å². The molecule has 2 aromatic rings. The van der Waals surface area contributed by atoms with Crippen LogP contribution >= 0.6 is 0 Å². The summed E-state index contributed by atoms with van der Waals surface area (Å²) >= 11 is 0. The number of furan rings is 1. The maximum Gasteiger partial charge on any atom is 0.133 e. The van der Waals surface area contributed by atoms with Crippen molar-refractivity contribution < 1.29 is 4.42 Å². The summed E-state index contributed by atoms with van der Waals surface area (Å²) in [6, 6.07) is 10.7. The monoisotopic (exact) mass is 238 g/mol. The van der Waals surface area contributed by atoms with E-state index in [0.29, 0.717) is 5.92 Å². The van der Waals surface area contributed by atoms with Crippen LogP contribution in [0, 0.1) is 6.92 Å². The van der Waals surface area contributed by atoms with E-state index in [2.05, 4.69) is 44.2 Å². The van der Waals surface area contributed by atoms with Gasteiger partial charge in [-0.2, -0.15) is 0 Å². The third-order valence-corrected chi connectivity index (χ3v) is 3.76. The summed E-state index contributed by atoms with van der Waals surface area (Å²) in [6.07, 6.45) is 6.46. The van der Waals surface area contributed by atoms with Gasteiger partial charge in [-0.25, -0.2) is 0 Å². The third kappa shape index (κ3) is 1.71. The minimum atomic E-state index is 0.496. The van der Waals surface area contributed by atoms with Crippen LogP contribution in [-0.2, 0) is 0 Å². The zero-order valence-electron chi connectivity index (χ0n) is 10.9. The van der Waals surface area contributed by atoms with Crippen molar-refractivity contribution >= 4 is 11.6 Å². The molecule has 0 N–H and O–H groups in total. The summed E-state index contributed by atoms with van der Waals surface area (Å²) in [5.74, 6) is 1.56. The molecule has 1 heteroatoms. The van der Waals surface area contributed by atoms with Crippen molar-refractivity contribution in [3.63, 3.8) is 0 Å². The molecule has 3 rings (SSSR count). The first-order valence-corrected chi connectivity index (χ1v) is 6.66. The lowest BCUT2D eigenvalue weighted by atomic mass is 9.89. The van der Waals surface area contributed by atoms with Crippen molar-refractivity contribution in [2.24, 2.45) is 0 Å². The SMILES string of the molecule is CCCC1C(c2occc2C)=Cc2ccccc21. The smallest absolute Gasteiger partial charge is 0.133 e. The Morgan fingerprint density at radius 3 is 2.72 bits per heavy atom. The molecule has 1 aromatic carbocycles. The summed E-state index contributed by atoms with van der Waals surface area (Å²) in [5.41, 5.74) is 5.38. The second-order valence-electron chi connectivity index (χ2n) is 5.00. The summed E-state index contributed by atoms with van der Waals surface area (Å²) in [4.78, 5) is 0. The van der Waals surface area contributed by atoms with Crippen LogP contribution in [0.3, 0.4) is 0 Å². The van der Waals surface area contributed by atoms with Gasteiger partial charge >= 0.3 is 0 Å². The number of rotatable bonds is 3. The van der Waals surface area contributed by atoms with Crippen LogP contribution in [-0.4, -0.2) is 0 Å². The number of hydrogen-bond acceptors (Lipinski definition) is 1. The zero-order chi connectivity index (χ0) is 12.5. The van der Waals surface area contributed by atoms with Crippen LogP contribution < -0.4 is 0 Å². The number of allylic oxidation sites excluding steroid dienone is 1. The average Bonchev–Trinajstić information content (AvgIpc) is 2.94. The van der Waals surface area contributed by atoms with E-state index in [1.54, 1.807) is 6.26 Å². The molecular weight excluding hydrogens is 220 g/mol. The van der Waals surface area contributed by atoms with Crippen LogP contribution in [0.15, 0.2) is 41.0 Å². The van der Waals surface area contributed by atoms with Gasteiger partial charge in [-0.05, 0) is 42.2 Å². The Hall–Kier alpha value is -1.76. The second-order valence-corrected chi connectivity index (χ2v) is 5.00. The zero-order valence-corrected chi connectivity index (χ0v) is 10.9. The van der Waals surface area contributed by atoms with Crippen molar-refractivity contribution in [2.75, 3.05) is 0 Å². The summed E-state index contributed by atoms with van der Waals surface area (Å²) in [6.45, 7) is 4.36. The second kappa shape index (κ2) is 4.49. The molecule has 1 nitrogen and oxygen atoms in total. The van der Waals surface area contributed by atoms with E-state index in [4.69, 9.17) is 4.42 Å². The fourth-order valence-corrected chi connectivity index (χ4v) is 2.89. The van der Waals surface area contributed by atoms with Gasteiger partial charge in [0.15, 0.2) is 0 Å². The molecule has 92 valence electrons. The topological polar surface area (TPSA) is 13.1 Å². The highest BCUT2D eigenvalue weighted by Gasteiger charge is 2.27. The molecule has 1 unspecified atom stereocenters. The molecule has 18 heavy (non-hydrogen) atoms. The van der Waals surface area contributed by atoms with E-state index in [9.17, 15) is 0 Å². The first kappa shape index (κ1) is 11.3. The minimum Gasteiger partial charge on any atom is -0.464 e. The predicted molar refractivity (Wildman–Crippen MR) is 75.4 cm³/mol. The minimum absolute atomic E-state index is 0.496. The Kier molecular flexibility index (Phi) is 2.83. The van der Waals surface area contributed by atoms with Gasteiger partial charge in [-0.3, -0.25) is 0 Å². The van der Waals surface area contributed by atoms with Gasteiger partial charge in [0, 0.05) is 11.5 Å². The van der Waals surface area contributed by atoms with Crippen LogP contribution in [0.1, 0.15) is 48.1 Å². The quantitative estimate of drug-likeness (QED) is 0.731. The first-order valence-electron chi connectivity index (χ1n) is 6.66. The van der Waals surface area contributed by atoms with E-state index >= 15 is 0 Å². The number of aryl methyl sites for hydroxylation is 1. The highest BCUT2D eigenvalue weighted by Crippen LogP contribution is 2.45. The van der Waals surface area contributed by atoms with Crippen molar-refractivity contribution in [3.8, 4) is 0 Å². The summed E-state index contributed by atoms with van der Waals surface area (Å²) < 4.78 is 5.69. The number of benzene rings is 1. The molecule has 0 saturated heterocycles. The van der Waals surface area contributed by atoms with Crippen LogP contribution in [0.2, 0.25) is 0 Å². The predicted octanol–water partition coefficient (Wildman–Crippen LogP) is 5.03. The molecule has 0 radical (unpaired) electrons. The Bertz CT molecular complexity index is 589. The Labute approximate surface area is 108 Å². The molecular formula is C17H18O. The Morgan fingerprint density at radius 1 is 1.17 bits per heavy atom. The maximum absolute atomic E-state index is 5.69.